The van der Waals surface area contributed by atoms with E-state index in [9.17, 15) is 0 Å². The zero-order valence-electron chi connectivity index (χ0n) is 32.3. The fourth-order valence-electron chi connectivity index (χ4n) is 9.77. The topological polar surface area (TPSA) is 44.5 Å². The molecule has 0 unspecified atom stereocenters. The van der Waals surface area contributed by atoms with Crippen LogP contribution >= 0.6 is 0 Å². The first-order valence-corrected chi connectivity index (χ1v) is 18.7. The highest BCUT2D eigenvalue weighted by molar-refractivity contribution is 7.01. The fourth-order valence-corrected chi connectivity index (χ4v) is 9.77. The zero-order valence-corrected chi connectivity index (χ0v) is 32.3. The number of hydrogen-bond acceptors (Lipinski definition) is 2. The minimum atomic E-state index is -0.268. The standard InChI is InChI=1S/C45H43BN6/c1-20-13-29-28(9)42-50(31(29)15-22(20)3)35-19-26(7)27(8)36-39(35)52(42)41-38-40(47-44(48-41)45(10,11)12)51-34-18-25(6)24(5)17-33(34)49-32-16-23(4)21(2)14-30(32)37(43(49)51)46(36)38/h13-19H,1-12H3. The minimum Gasteiger partial charge on any atom is -0.294 e. The first-order valence-electron chi connectivity index (χ1n) is 18.7. The van der Waals surface area contributed by atoms with Crippen LogP contribution in [0.2, 0.25) is 0 Å². The van der Waals surface area contributed by atoms with E-state index in [0.29, 0.717) is 0 Å². The van der Waals surface area contributed by atoms with Crippen molar-refractivity contribution in [2.75, 3.05) is 0 Å². The van der Waals surface area contributed by atoms with E-state index < -0.39 is 0 Å². The minimum absolute atomic E-state index is 0.0299. The lowest BCUT2D eigenvalue weighted by Gasteiger charge is -2.33. The Hall–Kier alpha value is -5.30. The Labute approximate surface area is 303 Å². The number of aromatic nitrogens is 6. The molecule has 0 saturated carbocycles. The number of nitrogens with zero attached hydrogens (tertiary/aromatic N) is 6. The van der Waals surface area contributed by atoms with Crippen molar-refractivity contribution in [2.24, 2.45) is 0 Å². The molecule has 0 amide bonds. The molecule has 11 rings (SSSR count). The molecule has 5 aromatic heterocycles. The van der Waals surface area contributed by atoms with Crippen LogP contribution in [0.5, 0.6) is 0 Å². The summed E-state index contributed by atoms with van der Waals surface area (Å²) in [6, 6.07) is 16.8. The normalized spacial score (nSPS) is 13.7. The van der Waals surface area contributed by atoms with Gasteiger partial charge >= 0.3 is 0 Å². The monoisotopic (exact) mass is 678 g/mol. The summed E-state index contributed by atoms with van der Waals surface area (Å²) in [4.78, 5) is 11.3. The van der Waals surface area contributed by atoms with E-state index in [1.54, 1.807) is 0 Å². The lowest BCUT2D eigenvalue weighted by molar-refractivity contribution is 0.543. The molecular weight excluding hydrogens is 635 g/mol. The molecule has 0 bridgehead atoms. The largest absolute Gasteiger partial charge is 0.294 e. The van der Waals surface area contributed by atoms with Crippen LogP contribution in [0.25, 0.3) is 66.8 Å². The lowest BCUT2D eigenvalue weighted by atomic mass is 9.34. The highest BCUT2D eigenvalue weighted by atomic mass is 15.2. The number of aryl methyl sites for hydroxylation is 8. The van der Waals surface area contributed by atoms with Gasteiger partial charge in [0, 0.05) is 21.8 Å². The van der Waals surface area contributed by atoms with Gasteiger partial charge in [0.05, 0.1) is 33.1 Å². The van der Waals surface area contributed by atoms with Crippen LogP contribution in [-0.2, 0) is 5.41 Å². The third-order valence-electron chi connectivity index (χ3n) is 13.1. The summed E-state index contributed by atoms with van der Waals surface area (Å²) in [5.41, 5.74) is 25.4. The molecule has 7 heterocycles. The van der Waals surface area contributed by atoms with Crippen molar-refractivity contribution in [1.29, 1.82) is 0 Å². The van der Waals surface area contributed by atoms with Crippen LogP contribution < -0.4 is 16.4 Å². The van der Waals surface area contributed by atoms with Gasteiger partial charge in [0.1, 0.15) is 28.8 Å². The van der Waals surface area contributed by atoms with Crippen molar-refractivity contribution < 1.29 is 0 Å². The second-order valence-corrected chi connectivity index (χ2v) is 17.3. The van der Waals surface area contributed by atoms with Gasteiger partial charge in [-0.3, -0.25) is 17.9 Å². The van der Waals surface area contributed by atoms with Gasteiger partial charge < -0.3 is 0 Å². The Bertz CT molecular complexity index is 3200. The number of hydrogen-bond donors (Lipinski definition) is 0. The smallest absolute Gasteiger partial charge is 0.259 e. The Morgan fingerprint density at radius 1 is 0.462 bits per heavy atom. The van der Waals surface area contributed by atoms with Gasteiger partial charge in [0.15, 0.2) is 0 Å². The maximum atomic E-state index is 5.67. The number of fused-ring (bicyclic) bond motifs is 15. The van der Waals surface area contributed by atoms with Crippen LogP contribution in [0, 0.1) is 62.3 Å². The Balaban J connectivity index is 1.46. The maximum absolute atomic E-state index is 5.67. The highest BCUT2D eigenvalue weighted by Gasteiger charge is 2.46. The molecule has 9 aromatic rings. The molecule has 52 heavy (non-hydrogen) atoms. The molecule has 0 atom stereocenters. The molecule has 0 spiro atoms. The predicted octanol–water partition coefficient (Wildman–Crippen LogP) is 8.39. The molecule has 2 aliphatic heterocycles. The Kier molecular flexibility index (Phi) is 5.36. The van der Waals surface area contributed by atoms with E-state index in [0.717, 1.165) is 17.5 Å². The highest BCUT2D eigenvalue weighted by Crippen LogP contribution is 2.41. The summed E-state index contributed by atoms with van der Waals surface area (Å²) in [5, 5.41) is 2.63. The molecule has 0 radical (unpaired) electrons. The van der Waals surface area contributed by atoms with Crippen molar-refractivity contribution in [3.63, 3.8) is 0 Å². The maximum Gasteiger partial charge on any atom is 0.259 e. The second-order valence-electron chi connectivity index (χ2n) is 17.3. The summed E-state index contributed by atoms with van der Waals surface area (Å²) in [5.74, 6) is 2.89. The third-order valence-corrected chi connectivity index (χ3v) is 13.1. The van der Waals surface area contributed by atoms with E-state index in [1.165, 1.54) is 122 Å². The van der Waals surface area contributed by atoms with Crippen molar-refractivity contribution in [2.45, 2.75) is 88.5 Å². The predicted molar refractivity (Wildman–Crippen MR) is 219 cm³/mol. The van der Waals surface area contributed by atoms with Gasteiger partial charge in [-0.15, -0.1) is 0 Å². The van der Waals surface area contributed by atoms with Crippen molar-refractivity contribution >= 4 is 78.3 Å². The lowest BCUT2D eigenvalue weighted by Crippen LogP contribution is -2.61. The molecule has 7 heteroatoms. The molecule has 0 aliphatic carbocycles. The molecule has 4 aromatic carbocycles. The summed E-state index contributed by atoms with van der Waals surface area (Å²) in [6.07, 6.45) is 0. The Morgan fingerprint density at radius 2 is 0.962 bits per heavy atom. The average molecular weight is 679 g/mol. The summed E-state index contributed by atoms with van der Waals surface area (Å²) in [7, 11) is 0. The second kappa shape index (κ2) is 9.19. The fraction of sp³-hybridized carbons (Fsp3) is 0.289. The van der Waals surface area contributed by atoms with E-state index >= 15 is 0 Å². The van der Waals surface area contributed by atoms with Crippen molar-refractivity contribution in [1.82, 2.24) is 27.9 Å². The van der Waals surface area contributed by atoms with Gasteiger partial charge in [-0.1, -0.05) is 32.4 Å². The quantitative estimate of drug-likeness (QED) is 0.151. The van der Waals surface area contributed by atoms with Gasteiger partial charge in [-0.2, -0.15) is 0 Å². The molecule has 0 saturated heterocycles. The SMILES string of the molecule is Cc1cc2c3c4n(c5cc(C)c(C)cc5n4c2cc1C)-c1nc(C(C)(C)C)nc2c1B3c1c(C)c(C)cc3c1n-2c1c(C)c2cc(C)c(C)cc2n31. The van der Waals surface area contributed by atoms with E-state index in [1.807, 2.05) is 0 Å². The molecule has 2 aliphatic rings. The summed E-state index contributed by atoms with van der Waals surface area (Å²) in [6.45, 7) is 27.1. The van der Waals surface area contributed by atoms with Crippen LogP contribution in [-0.4, -0.2) is 34.6 Å². The van der Waals surface area contributed by atoms with Gasteiger partial charge in [0.2, 0.25) is 0 Å². The van der Waals surface area contributed by atoms with Crippen molar-refractivity contribution in [3.05, 3.63) is 98.4 Å². The summed E-state index contributed by atoms with van der Waals surface area (Å²) >= 11 is 0. The molecule has 0 fully saturated rings. The molecule has 0 N–H and O–H groups in total. The third kappa shape index (κ3) is 3.31. The van der Waals surface area contributed by atoms with Crippen LogP contribution in [0.1, 0.15) is 76.7 Å². The van der Waals surface area contributed by atoms with Crippen LogP contribution in [0.3, 0.4) is 0 Å². The van der Waals surface area contributed by atoms with Crippen LogP contribution in [0.4, 0.5) is 0 Å². The zero-order chi connectivity index (χ0) is 36.2. The van der Waals surface area contributed by atoms with E-state index in [-0.39, 0.29) is 12.1 Å². The number of imidazole rings is 2. The first-order chi connectivity index (χ1) is 24.7. The molecular formula is C45H43BN6. The Morgan fingerprint density at radius 3 is 1.60 bits per heavy atom. The van der Waals surface area contributed by atoms with Gasteiger partial charge in [-0.25, -0.2) is 9.97 Å². The first kappa shape index (κ1) is 30.3. The van der Waals surface area contributed by atoms with E-state index in [2.05, 4.69) is 143 Å². The molecule has 6 nitrogen and oxygen atoms in total. The average Bonchev–Trinajstić information content (AvgIpc) is 3.77. The summed E-state index contributed by atoms with van der Waals surface area (Å²) < 4.78 is 10.1. The number of benzene rings is 4. The van der Waals surface area contributed by atoms with E-state index in [4.69, 9.17) is 9.97 Å². The molecule has 256 valence electrons. The van der Waals surface area contributed by atoms with Gasteiger partial charge in [0.25, 0.3) is 6.71 Å². The number of rotatable bonds is 0. The van der Waals surface area contributed by atoms with Gasteiger partial charge in [-0.05, 0) is 154 Å². The van der Waals surface area contributed by atoms with Crippen molar-refractivity contribution in [3.8, 4) is 11.6 Å². The van der Waals surface area contributed by atoms with Crippen LogP contribution in [0.15, 0.2) is 42.5 Å².